The van der Waals surface area contributed by atoms with E-state index in [9.17, 15) is 12.8 Å². The highest BCUT2D eigenvalue weighted by molar-refractivity contribution is 7.89. The summed E-state index contributed by atoms with van der Waals surface area (Å²) in [5.74, 6) is 0.869. The fourth-order valence-corrected chi connectivity index (χ4v) is 6.33. The quantitative estimate of drug-likeness (QED) is 0.648. The van der Waals surface area contributed by atoms with Crippen LogP contribution in [0.4, 0.5) is 10.1 Å². The topological polar surface area (TPSA) is 71.5 Å². The molecule has 8 nitrogen and oxygen atoms in total. The summed E-state index contributed by atoms with van der Waals surface area (Å²) in [6.07, 6.45) is 0. The van der Waals surface area contributed by atoms with Crippen LogP contribution in [0.5, 0.6) is 11.5 Å². The molecular formula is C22H28FN3O5S. The van der Waals surface area contributed by atoms with E-state index in [2.05, 4.69) is 0 Å². The highest BCUT2D eigenvalue weighted by atomic mass is 32.2. The molecule has 0 unspecified atom stereocenters. The van der Waals surface area contributed by atoms with Crippen LogP contribution in [0, 0.1) is 5.82 Å². The summed E-state index contributed by atoms with van der Waals surface area (Å²) >= 11 is 0. The third-order valence-corrected chi connectivity index (χ3v) is 8.36. The Morgan fingerprint density at radius 1 is 1.03 bits per heavy atom. The third-order valence-electron chi connectivity index (χ3n) is 6.12. The van der Waals surface area contributed by atoms with Crippen molar-refractivity contribution in [3.8, 4) is 11.5 Å². The average molecular weight is 466 g/mol. The predicted molar refractivity (Wildman–Crippen MR) is 119 cm³/mol. The van der Waals surface area contributed by atoms with Gasteiger partial charge in [0.05, 0.1) is 32.6 Å². The van der Waals surface area contributed by atoms with E-state index in [-0.39, 0.29) is 25.5 Å². The molecule has 2 heterocycles. The summed E-state index contributed by atoms with van der Waals surface area (Å²) in [5, 5.41) is 0.753. The molecule has 2 aromatic carbocycles. The molecule has 0 aliphatic carbocycles. The maximum atomic E-state index is 14.1. The van der Waals surface area contributed by atoms with E-state index in [4.69, 9.17) is 14.3 Å². The van der Waals surface area contributed by atoms with Gasteiger partial charge < -0.3 is 14.4 Å². The number of nitrogens with zero attached hydrogens (tertiary/aromatic N) is 3. The lowest BCUT2D eigenvalue weighted by molar-refractivity contribution is -0.110. The van der Waals surface area contributed by atoms with Crippen molar-refractivity contribution in [2.75, 3.05) is 59.0 Å². The summed E-state index contributed by atoms with van der Waals surface area (Å²) in [4.78, 5) is 7.54. The Kier molecular flexibility index (Phi) is 6.57. The first kappa shape index (κ1) is 22.8. The van der Waals surface area contributed by atoms with E-state index < -0.39 is 21.3 Å². The van der Waals surface area contributed by atoms with E-state index in [1.165, 1.54) is 10.4 Å². The Hall–Kier alpha value is -2.40. The van der Waals surface area contributed by atoms with Crippen LogP contribution in [-0.2, 0) is 14.9 Å². The molecule has 0 amide bonds. The number of methoxy groups -OCH3 is 2. The Balaban J connectivity index is 1.57. The summed E-state index contributed by atoms with van der Waals surface area (Å²) in [6.45, 7) is 1.42. The van der Waals surface area contributed by atoms with Crippen LogP contribution in [-0.4, -0.2) is 77.1 Å². The van der Waals surface area contributed by atoms with Gasteiger partial charge in [-0.15, -0.1) is 0 Å². The number of benzene rings is 2. The zero-order chi connectivity index (χ0) is 22.9. The van der Waals surface area contributed by atoms with Gasteiger partial charge in [-0.05, 0) is 30.3 Å². The fraction of sp³-hybridized carbons (Fsp3) is 0.455. The second-order valence-corrected chi connectivity index (χ2v) is 9.97. The SMILES string of the molecule is COc1ccc(OC)c([C@H]2[C@H](S(=O)(=O)N3CCN(c4ccccc4F)CC3)CON2C)c1. The van der Waals surface area contributed by atoms with Crippen molar-refractivity contribution >= 4 is 15.7 Å². The normalized spacial score (nSPS) is 22.8. The van der Waals surface area contributed by atoms with E-state index in [1.54, 1.807) is 62.7 Å². The molecule has 2 aromatic rings. The standard InChI is InChI=1S/C22H28FN3O5S/c1-24-22(17-14-16(29-2)8-9-20(17)30-3)21(15-31-24)32(27,28)26-12-10-25(11-13-26)19-7-5-4-6-18(19)23/h4-9,14,21-22H,10-13,15H2,1-3H3/t21-,22+/m1/s1. The second kappa shape index (κ2) is 9.22. The Morgan fingerprint density at radius 2 is 1.75 bits per heavy atom. The Labute approximate surface area is 188 Å². The van der Waals surface area contributed by atoms with Gasteiger partial charge in [-0.25, -0.2) is 12.8 Å². The van der Waals surface area contributed by atoms with E-state index in [0.29, 0.717) is 35.8 Å². The van der Waals surface area contributed by atoms with Crippen LogP contribution in [0.2, 0.25) is 0 Å². The highest BCUT2D eigenvalue weighted by Gasteiger charge is 2.47. The number of rotatable bonds is 6. The minimum Gasteiger partial charge on any atom is -0.497 e. The van der Waals surface area contributed by atoms with Gasteiger partial charge in [0.15, 0.2) is 0 Å². The first-order valence-corrected chi connectivity index (χ1v) is 11.9. The second-order valence-electron chi connectivity index (χ2n) is 7.82. The number of hydrogen-bond acceptors (Lipinski definition) is 7. The summed E-state index contributed by atoms with van der Waals surface area (Å²) in [6, 6.07) is 11.3. The minimum atomic E-state index is -3.70. The van der Waals surface area contributed by atoms with Crippen LogP contribution in [0.1, 0.15) is 11.6 Å². The maximum absolute atomic E-state index is 14.1. The lowest BCUT2D eigenvalue weighted by Crippen LogP contribution is -2.52. The van der Waals surface area contributed by atoms with Gasteiger partial charge in [-0.3, -0.25) is 4.84 Å². The number of anilines is 1. The number of hydrogen-bond donors (Lipinski definition) is 0. The summed E-state index contributed by atoms with van der Waals surface area (Å²) in [5.41, 5.74) is 1.18. The molecule has 0 N–H and O–H groups in total. The van der Waals surface area contributed by atoms with Gasteiger partial charge >= 0.3 is 0 Å². The van der Waals surface area contributed by atoms with E-state index in [0.717, 1.165) is 0 Å². The zero-order valence-electron chi connectivity index (χ0n) is 18.4. The molecule has 2 atom stereocenters. The lowest BCUT2D eigenvalue weighted by atomic mass is 10.0. The number of hydroxylamine groups is 2. The molecule has 0 saturated carbocycles. The smallest absolute Gasteiger partial charge is 0.221 e. The first-order valence-electron chi connectivity index (χ1n) is 10.4. The number of sulfonamides is 1. The van der Waals surface area contributed by atoms with Crippen molar-refractivity contribution in [1.82, 2.24) is 9.37 Å². The molecule has 174 valence electrons. The van der Waals surface area contributed by atoms with Crippen molar-refractivity contribution in [2.45, 2.75) is 11.3 Å². The van der Waals surface area contributed by atoms with Crippen molar-refractivity contribution in [3.63, 3.8) is 0 Å². The van der Waals surface area contributed by atoms with Crippen LogP contribution in [0.25, 0.3) is 0 Å². The molecule has 2 aliphatic rings. The van der Waals surface area contributed by atoms with E-state index >= 15 is 0 Å². The first-order chi connectivity index (χ1) is 15.4. The number of para-hydroxylation sites is 1. The lowest BCUT2D eigenvalue weighted by Gasteiger charge is -2.37. The summed E-state index contributed by atoms with van der Waals surface area (Å²) < 4.78 is 53.7. The Bertz CT molecular complexity index is 1060. The molecule has 4 rings (SSSR count). The molecule has 2 saturated heterocycles. The molecule has 0 bridgehead atoms. The van der Waals surface area contributed by atoms with Gasteiger partial charge in [0.2, 0.25) is 10.0 Å². The molecule has 10 heteroatoms. The summed E-state index contributed by atoms with van der Waals surface area (Å²) in [7, 11) is 1.12. The zero-order valence-corrected chi connectivity index (χ0v) is 19.2. The van der Waals surface area contributed by atoms with Gasteiger partial charge in [0.1, 0.15) is 22.6 Å². The molecule has 32 heavy (non-hydrogen) atoms. The van der Waals surface area contributed by atoms with Crippen molar-refractivity contribution < 1.29 is 27.1 Å². The third kappa shape index (κ3) is 4.15. The Morgan fingerprint density at radius 3 is 2.41 bits per heavy atom. The van der Waals surface area contributed by atoms with E-state index in [1.807, 2.05) is 4.90 Å². The van der Waals surface area contributed by atoms with Crippen molar-refractivity contribution in [1.29, 1.82) is 0 Å². The van der Waals surface area contributed by atoms with Crippen LogP contribution < -0.4 is 14.4 Å². The average Bonchev–Trinajstić information content (AvgIpc) is 3.21. The number of piperazine rings is 1. The number of halogens is 1. The van der Waals surface area contributed by atoms with Crippen LogP contribution >= 0.6 is 0 Å². The molecule has 2 fully saturated rings. The van der Waals surface area contributed by atoms with Gasteiger partial charge in [0.25, 0.3) is 0 Å². The van der Waals surface area contributed by atoms with Gasteiger partial charge in [-0.1, -0.05) is 12.1 Å². The molecule has 0 spiro atoms. The molecular weight excluding hydrogens is 437 g/mol. The predicted octanol–water partition coefficient (Wildman–Crippen LogP) is 2.28. The van der Waals surface area contributed by atoms with Gasteiger partial charge in [-0.2, -0.15) is 9.37 Å². The molecule has 0 radical (unpaired) electrons. The largest absolute Gasteiger partial charge is 0.497 e. The number of ether oxygens (including phenoxy) is 2. The fourth-order valence-electron chi connectivity index (χ4n) is 4.40. The molecule has 2 aliphatic heterocycles. The minimum absolute atomic E-state index is 0.0391. The van der Waals surface area contributed by atoms with Crippen molar-refractivity contribution in [3.05, 3.63) is 53.8 Å². The van der Waals surface area contributed by atoms with Gasteiger partial charge in [0, 0.05) is 38.8 Å². The van der Waals surface area contributed by atoms with Crippen LogP contribution in [0.15, 0.2) is 42.5 Å². The highest BCUT2D eigenvalue weighted by Crippen LogP contribution is 2.41. The van der Waals surface area contributed by atoms with Crippen LogP contribution in [0.3, 0.4) is 0 Å². The monoisotopic (exact) mass is 465 g/mol. The molecule has 0 aromatic heterocycles. The maximum Gasteiger partial charge on any atom is 0.221 e. The van der Waals surface area contributed by atoms with Crippen molar-refractivity contribution in [2.24, 2.45) is 0 Å².